The molecule has 1 aliphatic rings. The maximum Gasteiger partial charge on any atom is 0.321 e. The molecule has 0 atom stereocenters. The minimum Gasteiger partial charge on any atom is -0.480 e. The standard InChI is InChI=1S/C26H27N7O3S2/c1-3-33(23(27)36)25-31-20-13-16(12-18(21(20)38-25)19-6-4-5-9-28-19)17-14-29-24(30-15-17)32-10-7-26(37-2,8-11-32)22(34)35/h4-6,9,12-15H,3,7-8,10-11H2,1-2H3,(H2,27,36)(H,34,35). The van der Waals surface area contributed by atoms with Crippen molar-refractivity contribution in [2.45, 2.75) is 24.5 Å². The van der Waals surface area contributed by atoms with Gasteiger partial charge in [0.15, 0.2) is 5.13 Å². The number of rotatable bonds is 7. The highest BCUT2D eigenvalue weighted by atomic mass is 32.2. The number of hydrogen-bond donors (Lipinski definition) is 2. The Morgan fingerprint density at radius 2 is 1.89 bits per heavy atom. The molecule has 0 unspecified atom stereocenters. The van der Waals surface area contributed by atoms with Gasteiger partial charge in [-0.15, -0.1) is 11.8 Å². The van der Waals surface area contributed by atoms with E-state index in [1.807, 2.05) is 48.4 Å². The number of primary amides is 1. The van der Waals surface area contributed by atoms with Gasteiger partial charge in [-0.05, 0) is 55.9 Å². The molecule has 1 aliphatic heterocycles. The van der Waals surface area contributed by atoms with Gasteiger partial charge in [0.2, 0.25) is 5.95 Å². The summed E-state index contributed by atoms with van der Waals surface area (Å²) in [6.07, 6.45) is 8.20. The van der Waals surface area contributed by atoms with Gasteiger partial charge in [0, 0.05) is 49.4 Å². The maximum absolute atomic E-state index is 12.0. The van der Waals surface area contributed by atoms with E-state index < -0.39 is 16.7 Å². The summed E-state index contributed by atoms with van der Waals surface area (Å²) in [5.41, 5.74) is 9.67. The Hall–Kier alpha value is -3.77. The number of pyridine rings is 1. The van der Waals surface area contributed by atoms with Gasteiger partial charge in [-0.3, -0.25) is 14.7 Å². The number of urea groups is 1. The van der Waals surface area contributed by atoms with Crippen molar-refractivity contribution in [3.8, 4) is 22.4 Å². The molecule has 5 rings (SSSR count). The Morgan fingerprint density at radius 1 is 1.16 bits per heavy atom. The number of nitrogens with zero attached hydrogens (tertiary/aromatic N) is 6. The molecule has 0 radical (unpaired) electrons. The molecule has 0 spiro atoms. The number of piperidine rings is 1. The highest BCUT2D eigenvalue weighted by molar-refractivity contribution is 8.00. The van der Waals surface area contributed by atoms with E-state index >= 15 is 0 Å². The second-order valence-corrected chi connectivity index (χ2v) is 11.1. The number of carboxylic acids is 1. The third-order valence-corrected chi connectivity index (χ3v) is 9.33. The van der Waals surface area contributed by atoms with Crippen LogP contribution in [0.5, 0.6) is 0 Å². The van der Waals surface area contributed by atoms with E-state index in [0.29, 0.717) is 43.6 Å². The Morgan fingerprint density at radius 3 is 2.47 bits per heavy atom. The fraction of sp³-hybridized carbons (Fsp3) is 0.308. The van der Waals surface area contributed by atoms with Gasteiger partial charge in [0.25, 0.3) is 0 Å². The van der Waals surface area contributed by atoms with Gasteiger partial charge in [-0.25, -0.2) is 19.7 Å². The summed E-state index contributed by atoms with van der Waals surface area (Å²) in [5.74, 6) is -0.182. The third kappa shape index (κ3) is 4.76. The minimum atomic E-state index is -0.761. The second kappa shape index (κ2) is 10.5. The van der Waals surface area contributed by atoms with Crippen LogP contribution in [-0.2, 0) is 4.79 Å². The predicted octanol–water partition coefficient (Wildman–Crippen LogP) is 4.51. The summed E-state index contributed by atoms with van der Waals surface area (Å²) in [4.78, 5) is 45.7. The van der Waals surface area contributed by atoms with Gasteiger partial charge < -0.3 is 15.7 Å². The van der Waals surface area contributed by atoms with Crippen LogP contribution in [0, 0.1) is 0 Å². The third-order valence-electron chi connectivity index (χ3n) is 6.84. The molecule has 1 fully saturated rings. The van der Waals surface area contributed by atoms with Crippen LogP contribution in [0.3, 0.4) is 0 Å². The van der Waals surface area contributed by atoms with Crippen molar-refractivity contribution in [1.29, 1.82) is 0 Å². The molecule has 12 heteroatoms. The molecule has 0 bridgehead atoms. The molecular formula is C26H27N7O3S2. The monoisotopic (exact) mass is 549 g/mol. The lowest BCUT2D eigenvalue weighted by molar-refractivity contribution is -0.140. The lowest BCUT2D eigenvalue weighted by Gasteiger charge is -2.37. The van der Waals surface area contributed by atoms with Crippen molar-refractivity contribution in [1.82, 2.24) is 19.9 Å². The number of aliphatic carboxylic acids is 1. The molecular weight excluding hydrogens is 522 g/mol. The number of anilines is 2. The van der Waals surface area contributed by atoms with Crippen molar-refractivity contribution in [3.05, 3.63) is 48.9 Å². The van der Waals surface area contributed by atoms with Crippen molar-refractivity contribution < 1.29 is 14.7 Å². The highest BCUT2D eigenvalue weighted by Gasteiger charge is 2.41. The molecule has 38 heavy (non-hydrogen) atoms. The zero-order valence-corrected chi connectivity index (χ0v) is 22.6. The number of thiazole rings is 1. The first kappa shape index (κ1) is 25.9. The number of fused-ring (bicyclic) bond motifs is 1. The number of hydrogen-bond acceptors (Lipinski definition) is 9. The quantitative estimate of drug-likeness (QED) is 0.341. The average Bonchev–Trinajstić information content (AvgIpc) is 3.37. The fourth-order valence-electron chi connectivity index (χ4n) is 4.61. The van der Waals surface area contributed by atoms with Crippen LogP contribution in [0.15, 0.2) is 48.9 Å². The summed E-state index contributed by atoms with van der Waals surface area (Å²) in [6, 6.07) is 9.16. The van der Waals surface area contributed by atoms with E-state index in [1.54, 1.807) is 18.6 Å². The van der Waals surface area contributed by atoms with Gasteiger partial charge >= 0.3 is 12.0 Å². The molecule has 3 N–H and O–H groups in total. The SMILES string of the molecule is CCN(C(N)=O)c1nc2cc(-c3cnc(N4CCC(SC)(C(=O)O)CC4)nc3)cc(-c3ccccn3)c2s1. The lowest BCUT2D eigenvalue weighted by atomic mass is 9.96. The van der Waals surface area contributed by atoms with Crippen molar-refractivity contribution >= 4 is 56.4 Å². The number of nitrogens with two attached hydrogens (primary N) is 1. The van der Waals surface area contributed by atoms with Crippen LogP contribution in [0.25, 0.3) is 32.6 Å². The van der Waals surface area contributed by atoms with Crippen LogP contribution in [0.2, 0.25) is 0 Å². The Kier molecular flexibility index (Phi) is 7.17. The van der Waals surface area contributed by atoms with Gasteiger partial charge in [0.05, 0.1) is 15.9 Å². The van der Waals surface area contributed by atoms with Gasteiger partial charge in [-0.2, -0.15) is 0 Å². The van der Waals surface area contributed by atoms with Crippen LogP contribution in [-0.4, -0.2) is 67.7 Å². The second-order valence-electron chi connectivity index (χ2n) is 8.93. The van der Waals surface area contributed by atoms with Gasteiger partial charge in [0.1, 0.15) is 4.75 Å². The van der Waals surface area contributed by atoms with Crippen LogP contribution in [0.4, 0.5) is 15.9 Å². The van der Waals surface area contributed by atoms with Crippen molar-refractivity contribution in [2.24, 2.45) is 5.73 Å². The lowest BCUT2D eigenvalue weighted by Crippen LogP contribution is -2.47. The molecule has 4 aromatic rings. The van der Waals surface area contributed by atoms with E-state index in [0.717, 1.165) is 32.6 Å². The molecule has 4 heterocycles. The molecule has 10 nitrogen and oxygen atoms in total. The van der Waals surface area contributed by atoms with Gasteiger partial charge in [-0.1, -0.05) is 17.4 Å². The number of amides is 2. The van der Waals surface area contributed by atoms with Crippen molar-refractivity contribution in [3.63, 3.8) is 0 Å². The predicted molar refractivity (Wildman–Crippen MR) is 152 cm³/mol. The largest absolute Gasteiger partial charge is 0.480 e. The summed E-state index contributed by atoms with van der Waals surface area (Å²) in [6.45, 7) is 3.43. The zero-order valence-electron chi connectivity index (χ0n) is 21.0. The first-order chi connectivity index (χ1) is 18.3. The number of carboxylic acid groups (broad SMARTS) is 1. The molecule has 196 valence electrons. The molecule has 3 aromatic heterocycles. The van der Waals surface area contributed by atoms with E-state index in [2.05, 4.69) is 15.0 Å². The Labute approximate surface area is 227 Å². The summed E-state index contributed by atoms with van der Waals surface area (Å²) >= 11 is 2.80. The molecule has 2 amide bonds. The first-order valence-electron chi connectivity index (χ1n) is 12.1. The van der Waals surface area contributed by atoms with Crippen LogP contribution in [0.1, 0.15) is 19.8 Å². The minimum absolute atomic E-state index is 0.414. The first-order valence-corrected chi connectivity index (χ1v) is 14.2. The fourth-order valence-corrected chi connectivity index (χ4v) is 6.51. The van der Waals surface area contributed by atoms with E-state index in [1.165, 1.54) is 28.0 Å². The number of benzene rings is 1. The molecule has 1 saturated heterocycles. The Bertz CT molecular complexity index is 1470. The number of carbonyl (C=O) groups excluding carboxylic acids is 1. The molecule has 0 saturated carbocycles. The van der Waals surface area contributed by atoms with Crippen molar-refractivity contribution in [2.75, 3.05) is 35.7 Å². The summed E-state index contributed by atoms with van der Waals surface area (Å²) < 4.78 is 0.158. The highest BCUT2D eigenvalue weighted by Crippen LogP contribution is 2.39. The normalized spacial score (nSPS) is 14.9. The maximum atomic E-state index is 12.0. The van der Waals surface area contributed by atoms with Crippen LogP contribution >= 0.6 is 23.1 Å². The van der Waals surface area contributed by atoms with E-state index in [4.69, 9.17) is 10.7 Å². The summed E-state index contributed by atoms with van der Waals surface area (Å²) in [7, 11) is 0. The number of carbonyl (C=O) groups is 2. The number of thioether (sulfide) groups is 1. The Balaban J connectivity index is 1.49. The smallest absolute Gasteiger partial charge is 0.321 e. The summed E-state index contributed by atoms with van der Waals surface area (Å²) in [5, 5.41) is 10.2. The van der Waals surface area contributed by atoms with E-state index in [9.17, 15) is 14.7 Å². The average molecular weight is 550 g/mol. The number of aromatic nitrogens is 4. The molecule has 1 aromatic carbocycles. The molecule has 0 aliphatic carbocycles. The topological polar surface area (TPSA) is 138 Å². The van der Waals surface area contributed by atoms with Crippen LogP contribution < -0.4 is 15.5 Å². The zero-order chi connectivity index (χ0) is 26.9. The van der Waals surface area contributed by atoms with E-state index in [-0.39, 0.29) is 0 Å².